The van der Waals surface area contributed by atoms with Crippen LogP contribution >= 0.6 is 0 Å². The zero-order valence-corrected chi connectivity index (χ0v) is 13.5. The SMILES string of the molecule is CC1CCN(c2ccc(C(=O)N3CCCCCC3)nn2)CC1. The van der Waals surface area contributed by atoms with Crippen LogP contribution in [0.4, 0.5) is 5.82 Å². The first-order chi connectivity index (χ1) is 10.7. The number of amides is 1. The van der Waals surface area contributed by atoms with E-state index in [9.17, 15) is 4.79 Å². The van der Waals surface area contributed by atoms with E-state index in [4.69, 9.17) is 0 Å². The Bertz CT molecular complexity index is 486. The fraction of sp³-hybridized carbons (Fsp3) is 0.706. The summed E-state index contributed by atoms with van der Waals surface area (Å²) in [7, 11) is 0. The molecule has 0 aliphatic carbocycles. The summed E-state index contributed by atoms with van der Waals surface area (Å²) >= 11 is 0. The molecular weight excluding hydrogens is 276 g/mol. The van der Waals surface area contributed by atoms with Gasteiger partial charge in [-0.1, -0.05) is 19.8 Å². The van der Waals surface area contributed by atoms with E-state index in [-0.39, 0.29) is 5.91 Å². The Morgan fingerprint density at radius 3 is 2.27 bits per heavy atom. The molecule has 3 rings (SSSR count). The summed E-state index contributed by atoms with van der Waals surface area (Å²) in [5, 5.41) is 8.49. The van der Waals surface area contributed by atoms with Crippen molar-refractivity contribution in [1.29, 1.82) is 0 Å². The van der Waals surface area contributed by atoms with Crippen molar-refractivity contribution in [2.75, 3.05) is 31.1 Å². The van der Waals surface area contributed by atoms with Crippen LogP contribution in [0.15, 0.2) is 12.1 Å². The summed E-state index contributed by atoms with van der Waals surface area (Å²) in [6.45, 7) is 6.08. The van der Waals surface area contributed by atoms with Crippen LogP contribution in [0.3, 0.4) is 0 Å². The molecule has 2 aliphatic heterocycles. The molecule has 0 aromatic carbocycles. The Hall–Kier alpha value is -1.65. The van der Waals surface area contributed by atoms with Crippen molar-refractivity contribution in [3.8, 4) is 0 Å². The van der Waals surface area contributed by atoms with Crippen LogP contribution in [-0.2, 0) is 0 Å². The van der Waals surface area contributed by atoms with Gasteiger partial charge in [0.05, 0.1) is 0 Å². The molecule has 2 fully saturated rings. The second kappa shape index (κ2) is 7.07. The van der Waals surface area contributed by atoms with Crippen LogP contribution in [0.2, 0.25) is 0 Å². The number of nitrogens with zero attached hydrogens (tertiary/aromatic N) is 4. The molecule has 0 unspecified atom stereocenters. The Labute approximate surface area is 132 Å². The molecule has 1 aromatic rings. The average molecular weight is 302 g/mol. The van der Waals surface area contributed by atoms with E-state index in [0.29, 0.717) is 5.69 Å². The Kier molecular flexibility index (Phi) is 4.90. The molecule has 5 heteroatoms. The standard InChI is InChI=1S/C17H26N4O/c1-14-8-12-20(13-9-14)16-7-6-15(18-19-16)17(22)21-10-4-2-3-5-11-21/h6-7,14H,2-5,8-13H2,1H3. The number of anilines is 1. The van der Waals surface area contributed by atoms with E-state index < -0.39 is 0 Å². The number of aromatic nitrogens is 2. The van der Waals surface area contributed by atoms with Crippen molar-refractivity contribution >= 4 is 11.7 Å². The molecule has 2 aliphatic rings. The predicted octanol–water partition coefficient (Wildman–Crippen LogP) is 2.73. The molecule has 0 radical (unpaired) electrons. The van der Waals surface area contributed by atoms with Crippen molar-refractivity contribution in [2.45, 2.75) is 45.4 Å². The van der Waals surface area contributed by atoms with Crippen LogP contribution in [-0.4, -0.2) is 47.2 Å². The third-order valence-electron chi connectivity index (χ3n) is 4.87. The molecule has 0 spiro atoms. The molecule has 0 N–H and O–H groups in total. The highest BCUT2D eigenvalue weighted by atomic mass is 16.2. The summed E-state index contributed by atoms with van der Waals surface area (Å²) in [6, 6.07) is 3.79. The highest BCUT2D eigenvalue weighted by molar-refractivity contribution is 5.92. The fourth-order valence-corrected chi connectivity index (χ4v) is 3.28. The van der Waals surface area contributed by atoms with E-state index in [0.717, 1.165) is 50.8 Å². The summed E-state index contributed by atoms with van der Waals surface area (Å²) in [6.07, 6.45) is 7.06. The minimum absolute atomic E-state index is 0.0354. The highest BCUT2D eigenvalue weighted by Gasteiger charge is 2.21. The number of hydrogen-bond acceptors (Lipinski definition) is 4. The van der Waals surface area contributed by atoms with Gasteiger partial charge < -0.3 is 9.80 Å². The minimum Gasteiger partial charge on any atom is -0.355 e. The molecule has 5 nitrogen and oxygen atoms in total. The molecule has 0 bridgehead atoms. The van der Waals surface area contributed by atoms with Crippen molar-refractivity contribution in [3.63, 3.8) is 0 Å². The maximum atomic E-state index is 12.5. The normalized spacial score (nSPS) is 20.8. The van der Waals surface area contributed by atoms with E-state index in [1.807, 2.05) is 17.0 Å². The smallest absolute Gasteiger partial charge is 0.274 e. The van der Waals surface area contributed by atoms with Gasteiger partial charge in [0.2, 0.25) is 0 Å². The number of piperidine rings is 1. The lowest BCUT2D eigenvalue weighted by Gasteiger charge is -2.30. The summed E-state index contributed by atoms with van der Waals surface area (Å²) in [4.78, 5) is 16.7. The van der Waals surface area contributed by atoms with Gasteiger partial charge in [-0.05, 0) is 43.7 Å². The second-order valence-electron chi connectivity index (χ2n) is 6.65. The topological polar surface area (TPSA) is 49.3 Å². The van der Waals surface area contributed by atoms with Crippen LogP contribution in [0.25, 0.3) is 0 Å². The second-order valence-corrected chi connectivity index (χ2v) is 6.65. The molecule has 3 heterocycles. The van der Waals surface area contributed by atoms with Gasteiger partial charge in [-0.25, -0.2) is 0 Å². The number of carbonyl (C=O) groups is 1. The van der Waals surface area contributed by atoms with Gasteiger partial charge in [0.25, 0.3) is 5.91 Å². The Balaban J connectivity index is 1.64. The molecule has 0 saturated carbocycles. The first-order valence-electron chi connectivity index (χ1n) is 8.62. The maximum Gasteiger partial charge on any atom is 0.274 e. The van der Waals surface area contributed by atoms with Crippen molar-refractivity contribution in [3.05, 3.63) is 17.8 Å². The number of carbonyl (C=O) groups excluding carboxylic acids is 1. The quantitative estimate of drug-likeness (QED) is 0.843. The van der Waals surface area contributed by atoms with Crippen LogP contribution < -0.4 is 4.90 Å². The Morgan fingerprint density at radius 2 is 1.68 bits per heavy atom. The minimum atomic E-state index is 0.0354. The van der Waals surface area contributed by atoms with E-state index >= 15 is 0 Å². The van der Waals surface area contributed by atoms with E-state index in [1.165, 1.54) is 25.7 Å². The largest absolute Gasteiger partial charge is 0.355 e. The van der Waals surface area contributed by atoms with Gasteiger partial charge >= 0.3 is 0 Å². The fourth-order valence-electron chi connectivity index (χ4n) is 3.28. The third kappa shape index (κ3) is 3.57. The third-order valence-corrected chi connectivity index (χ3v) is 4.87. The predicted molar refractivity (Wildman–Crippen MR) is 87.0 cm³/mol. The molecular formula is C17H26N4O. The van der Waals surface area contributed by atoms with Gasteiger partial charge in [-0.15, -0.1) is 10.2 Å². The first kappa shape index (κ1) is 15.3. The first-order valence-corrected chi connectivity index (χ1v) is 8.62. The molecule has 120 valence electrons. The molecule has 22 heavy (non-hydrogen) atoms. The van der Waals surface area contributed by atoms with Gasteiger partial charge in [0.1, 0.15) is 0 Å². The molecule has 2 saturated heterocycles. The van der Waals surface area contributed by atoms with Crippen molar-refractivity contribution in [1.82, 2.24) is 15.1 Å². The summed E-state index contributed by atoms with van der Waals surface area (Å²) in [5.41, 5.74) is 0.482. The van der Waals surface area contributed by atoms with Gasteiger partial charge in [-0.3, -0.25) is 4.79 Å². The van der Waals surface area contributed by atoms with E-state index in [1.54, 1.807) is 0 Å². The summed E-state index contributed by atoms with van der Waals surface area (Å²) < 4.78 is 0. The van der Waals surface area contributed by atoms with Crippen LogP contribution in [0.1, 0.15) is 55.9 Å². The van der Waals surface area contributed by atoms with Crippen molar-refractivity contribution < 1.29 is 4.79 Å². The lowest BCUT2D eigenvalue weighted by molar-refractivity contribution is 0.0754. The number of rotatable bonds is 2. The van der Waals surface area contributed by atoms with Crippen molar-refractivity contribution in [2.24, 2.45) is 5.92 Å². The lowest BCUT2D eigenvalue weighted by atomic mass is 9.99. The molecule has 1 aromatic heterocycles. The van der Waals surface area contributed by atoms with Crippen LogP contribution in [0, 0.1) is 5.92 Å². The zero-order chi connectivity index (χ0) is 15.4. The lowest BCUT2D eigenvalue weighted by Crippen LogP contribution is -2.34. The van der Waals surface area contributed by atoms with Gasteiger partial charge in [-0.2, -0.15) is 0 Å². The molecule has 1 amide bonds. The number of hydrogen-bond donors (Lipinski definition) is 0. The number of likely N-dealkylation sites (tertiary alicyclic amines) is 1. The average Bonchev–Trinajstić information content (AvgIpc) is 2.84. The molecule has 0 atom stereocenters. The van der Waals surface area contributed by atoms with E-state index in [2.05, 4.69) is 22.0 Å². The van der Waals surface area contributed by atoms with Gasteiger partial charge in [0, 0.05) is 26.2 Å². The van der Waals surface area contributed by atoms with Crippen LogP contribution in [0.5, 0.6) is 0 Å². The Morgan fingerprint density at radius 1 is 1.00 bits per heavy atom. The van der Waals surface area contributed by atoms with Gasteiger partial charge in [0.15, 0.2) is 11.5 Å². The highest BCUT2D eigenvalue weighted by Crippen LogP contribution is 2.21. The maximum absolute atomic E-state index is 12.5. The summed E-state index contributed by atoms with van der Waals surface area (Å²) in [5.74, 6) is 1.74. The monoisotopic (exact) mass is 302 g/mol. The zero-order valence-electron chi connectivity index (χ0n) is 13.5.